The summed E-state index contributed by atoms with van der Waals surface area (Å²) in [6.45, 7) is 5.43. The Balaban J connectivity index is 2.71. The summed E-state index contributed by atoms with van der Waals surface area (Å²) in [6, 6.07) is -1.17. The van der Waals surface area contributed by atoms with Crippen LogP contribution in [0.4, 0.5) is 4.79 Å². The minimum Gasteiger partial charge on any atom is -0.480 e. The number of carbonyl (C=O) groups is 2. The van der Waals surface area contributed by atoms with Gasteiger partial charge in [0.1, 0.15) is 11.6 Å². The van der Waals surface area contributed by atoms with E-state index in [9.17, 15) is 9.59 Å². The van der Waals surface area contributed by atoms with E-state index in [1.54, 1.807) is 20.8 Å². The predicted molar refractivity (Wildman–Crippen MR) is 57.0 cm³/mol. The van der Waals surface area contributed by atoms with Crippen LogP contribution in [-0.4, -0.2) is 46.3 Å². The molecule has 1 rings (SSSR count). The Kier molecular flexibility index (Phi) is 3.42. The lowest BCUT2D eigenvalue weighted by Gasteiger charge is -2.26. The first kappa shape index (κ1) is 12.8. The van der Waals surface area contributed by atoms with Crippen molar-refractivity contribution < 1.29 is 19.4 Å². The molecule has 0 saturated carbocycles. The molecule has 0 aromatic rings. The molecule has 1 amide bonds. The van der Waals surface area contributed by atoms with Gasteiger partial charge in [-0.3, -0.25) is 4.90 Å². The summed E-state index contributed by atoms with van der Waals surface area (Å²) in [7, 11) is 0. The second kappa shape index (κ2) is 4.29. The molecule has 0 spiro atoms. The van der Waals surface area contributed by atoms with Gasteiger partial charge >= 0.3 is 12.1 Å². The van der Waals surface area contributed by atoms with Crippen LogP contribution in [0.3, 0.4) is 0 Å². The molecule has 6 nitrogen and oxygen atoms in total. The molecule has 1 aliphatic rings. The number of rotatable bonds is 1. The molecular formula is C10H18N2O4. The fraction of sp³-hybridized carbons (Fsp3) is 0.800. The van der Waals surface area contributed by atoms with Crippen molar-refractivity contribution in [3.8, 4) is 0 Å². The molecule has 92 valence electrons. The quantitative estimate of drug-likeness (QED) is 0.680. The van der Waals surface area contributed by atoms with Gasteiger partial charge in [0.2, 0.25) is 0 Å². The van der Waals surface area contributed by atoms with Crippen LogP contribution in [0.25, 0.3) is 0 Å². The topological polar surface area (TPSA) is 92.9 Å². The number of carboxylic acids is 1. The van der Waals surface area contributed by atoms with Crippen LogP contribution in [0.2, 0.25) is 0 Å². The van der Waals surface area contributed by atoms with Gasteiger partial charge in [-0.15, -0.1) is 0 Å². The second-order valence-electron chi connectivity index (χ2n) is 4.98. The molecule has 0 aliphatic carbocycles. The van der Waals surface area contributed by atoms with E-state index in [2.05, 4.69) is 0 Å². The zero-order valence-corrected chi connectivity index (χ0v) is 9.77. The number of hydrogen-bond acceptors (Lipinski definition) is 4. The molecule has 6 heteroatoms. The van der Waals surface area contributed by atoms with E-state index in [-0.39, 0.29) is 19.0 Å². The van der Waals surface area contributed by atoms with Crippen LogP contribution in [-0.2, 0) is 9.53 Å². The van der Waals surface area contributed by atoms with E-state index in [0.29, 0.717) is 0 Å². The Hall–Kier alpha value is -1.30. The van der Waals surface area contributed by atoms with E-state index < -0.39 is 23.7 Å². The summed E-state index contributed by atoms with van der Waals surface area (Å²) >= 11 is 0. The minimum atomic E-state index is -1.04. The third kappa shape index (κ3) is 3.10. The number of nitrogens with zero attached hydrogens (tertiary/aromatic N) is 1. The van der Waals surface area contributed by atoms with Gasteiger partial charge in [0, 0.05) is 12.6 Å². The van der Waals surface area contributed by atoms with Crippen LogP contribution in [0.1, 0.15) is 27.2 Å². The van der Waals surface area contributed by atoms with Crippen LogP contribution in [0.15, 0.2) is 0 Å². The van der Waals surface area contributed by atoms with Gasteiger partial charge in [-0.2, -0.15) is 0 Å². The number of aliphatic carboxylic acids is 1. The van der Waals surface area contributed by atoms with Crippen LogP contribution < -0.4 is 5.73 Å². The molecule has 1 saturated heterocycles. The number of hydrogen-bond donors (Lipinski definition) is 2. The number of carbonyl (C=O) groups excluding carboxylic acids is 1. The molecule has 16 heavy (non-hydrogen) atoms. The molecule has 1 aliphatic heterocycles. The Labute approximate surface area is 94.3 Å². The lowest BCUT2D eigenvalue weighted by Crippen LogP contribution is -2.43. The van der Waals surface area contributed by atoms with Crippen molar-refractivity contribution in [1.82, 2.24) is 4.90 Å². The van der Waals surface area contributed by atoms with Crippen molar-refractivity contribution >= 4 is 12.1 Å². The number of nitrogens with two attached hydrogens (primary N) is 1. The zero-order valence-electron chi connectivity index (χ0n) is 9.77. The highest BCUT2D eigenvalue weighted by Crippen LogP contribution is 2.20. The van der Waals surface area contributed by atoms with Gasteiger partial charge in [-0.1, -0.05) is 0 Å². The minimum absolute atomic E-state index is 0.228. The molecule has 1 heterocycles. The number of carboxylic acid groups (broad SMARTS) is 1. The zero-order chi connectivity index (χ0) is 12.5. The van der Waals surface area contributed by atoms with Gasteiger partial charge in [0.25, 0.3) is 0 Å². The summed E-state index contributed by atoms with van der Waals surface area (Å²) in [5.41, 5.74) is 5.01. The number of likely N-dealkylation sites (tertiary alicyclic amines) is 1. The monoisotopic (exact) mass is 230 g/mol. The van der Waals surface area contributed by atoms with Crippen molar-refractivity contribution in [2.45, 2.75) is 44.9 Å². The SMILES string of the molecule is CC(C)(C)OC(=O)N1C[C@@H](N)C[C@@H]1C(=O)O. The molecule has 3 N–H and O–H groups in total. The highest BCUT2D eigenvalue weighted by Gasteiger charge is 2.40. The maximum Gasteiger partial charge on any atom is 0.411 e. The summed E-state index contributed by atoms with van der Waals surface area (Å²) < 4.78 is 5.12. The summed E-state index contributed by atoms with van der Waals surface area (Å²) in [4.78, 5) is 23.8. The van der Waals surface area contributed by atoms with Crippen molar-refractivity contribution in [3.05, 3.63) is 0 Å². The summed E-state index contributed by atoms with van der Waals surface area (Å²) in [6.07, 6.45) is -0.345. The van der Waals surface area contributed by atoms with Crippen molar-refractivity contribution in [2.24, 2.45) is 5.73 Å². The Morgan fingerprint density at radius 1 is 1.44 bits per heavy atom. The average Bonchev–Trinajstić information content (AvgIpc) is 2.44. The fourth-order valence-electron chi connectivity index (χ4n) is 1.62. The highest BCUT2D eigenvalue weighted by atomic mass is 16.6. The first-order chi connectivity index (χ1) is 7.20. The third-order valence-corrected chi connectivity index (χ3v) is 2.25. The first-order valence-electron chi connectivity index (χ1n) is 5.18. The lowest BCUT2D eigenvalue weighted by molar-refractivity contribution is -0.142. The number of ether oxygens (including phenoxy) is 1. The Morgan fingerprint density at radius 2 is 2.00 bits per heavy atom. The lowest BCUT2D eigenvalue weighted by atomic mass is 10.2. The standard InChI is InChI=1S/C10H18N2O4/c1-10(2,3)16-9(15)12-5-6(11)4-7(12)8(13)14/h6-7H,4-5,11H2,1-3H3,(H,13,14)/t6-,7+/m0/s1. The van der Waals surface area contributed by atoms with Gasteiger partial charge in [0.15, 0.2) is 0 Å². The average molecular weight is 230 g/mol. The van der Waals surface area contributed by atoms with E-state index >= 15 is 0 Å². The highest BCUT2D eigenvalue weighted by molar-refractivity contribution is 5.81. The number of amides is 1. The van der Waals surface area contributed by atoms with Crippen LogP contribution in [0, 0.1) is 0 Å². The first-order valence-corrected chi connectivity index (χ1v) is 5.18. The van der Waals surface area contributed by atoms with Gasteiger partial charge in [-0.25, -0.2) is 9.59 Å². The molecular weight excluding hydrogens is 212 g/mol. The molecule has 0 bridgehead atoms. The van der Waals surface area contributed by atoms with Crippen molar-refractivity contribution in [2.75, 3.05) is 6.54 Å². The normalized spacial score (nSPS) is 25.6. The molecule has 2 atom stereocenters. The van der Waals surface area contributed by atoms with Crippen LogP contribution >= 0.6 is 0 Å². The maximum atomic E-state index is 11.7. The third-order valence-electron chi connectivity index (χ3n) is 2.25. The Bertz CT molecular complexity index is 298. The largest absolute Gasteiger partial charge is 0.480 e. The molecule has 0 aromatic carbocycles. The predicted octanol–water partition coefficient (Wildman–Crippen LogP) is 0.408. The van der Waals surface area contributed by atoms with Gasteiger partial charge in [-0.05, 0) is 27.2 Å². The summed E-state index contributed by atoms with van der Waals surface area (Å²) in [5, 5.41) is 8.94. The molecule has 0 aromatic heterocycles. The van der Waals surface area contributed by atoms with E-state index in [1.165, 1.54) is 4.90 Å². The fourth-order valence-corrected chi connectivity index (χ4v) is 1.62. The van der Waals surface area contributed by atoms with E-state index in [0.717, 1.165) is 0 Å². The molecule has 0 unspecified atom stereocenters. The summed E-state index contributed by atoms with van der Waals surface area (Å²) in [5.74, 6) is -1.04. The van der Waals surface area contributed by atoms with Crippen molar-refractivity contribution in [1.29, 1.82) is 0 Å². The van der Waals surface area contributed by atoms with E-state index in [1.807, 2.05) is 0 Å². The maximum absolute atomic E-state index is 11.7. The second-order valence-corrected chi connectivity index (χ2v) is 4.98. The van der Waals surface area contributed by atoms with Crippen molar-refractivity contribution in [3.63, 3.8) is 0 Å². The van der Waals surface area contributed by atoms with E-state index in [4.69, 9.17) is 15.6 Å². The van der Waals surface area contributed by atoms with Gasteiger partial charge in [0.05, 0.1) is 0 Å². The molecule has 0 radical (unpaired) electrons. The Morgan fingerprint density at radius 3 is 2.44 bits per heavy atom. The van der Waals surface area contributed by atoms with Crippen LogP contribution in [0.5, 0.6) is 0 Å². The van der Waals surface area contributed by atoms with Gasteiger partial charge < -0.3 is 15.6 Å². The smallest absolute Gasteiger partial charge is 0.411 e. The molecule has 1 fully saturated rings.